The van der Waals surface area contributed by atoms with Crippen LogP contribution in [-0.2, 0) is 24.2 Å². The zero-order valence-electron chi connectivity index (χ0n) is 15.2. The number of aryl methyl sites for hydroxylation is 1. The molecule has 3 aromatic rings. The van der Waals surface area contributed by atoms with E-state index in [1.54, 1.807) is 11.3 Å². The number of nitro benzene ring substituents is 1. The van der Waals surface area contributed by atoms with Crippen LogP contribution in [0.25, 0.3) is 10.2 Å². The lowest BCUT2D eigenvalue weighted by Gasteiger charge is -2.17. The number of nitro groups is 1. The number of benzene rings is 1. The summed E-state index contributed by atoms with van der Waals surface area (Å²) >= 11 is 1.57. The highest BCUT2D eigenvalue weighted by Gasteiger charge is 2.23. The fraction of sp³-hybridized carbons (Fsp3) is 0.316. The lowest BCUT2D eigenvalue weighted by Crippen LogP contribution is -2.28. The molecule has 1 aliphatic carbocycles. The lowest BCUT2D eigenvalue weighted by molar-refractivity contribution is -0.384. The van der Waals surface area contributed by atoms with E-state index in [9.17, 15) is 19.7 Å². The van der Waals surface area contributed by atoms with Crippen LogP contribution in [0.5, 0.6) is 0 Å². The normalized spacial score (nSPS) is 16.0. The van der Waals surface area contributed by atoms with Gasteiger partial charge in [-0.25, -0.2) is 4.98 Å². The van der Waals surface area contributed by atoms with Gasteiger partial charge in [-0.1, -0.05) is 6.92 Å². The van der Waals surface area contributed by atoms with E-state index in [0.29, 0.717) is 17.0 Å². The molecule has 0 saturated heterocycles. The summed E-state index contributed by atoms with van der Waals surface area (Å²) in [5, 5.41) is 14.0. The van der Waals surface area contributed by atoms with E-state index < -0.39 is 10.8 Å². The van der Waals surface area contributed by atoms with Crippen LogP contribution in [0.3, 0.4) is 0 Å². The molecule has 9 heteroatoms. The van der Waals surface area contributed by atoms with Crippen molar-refractivity contribution < 1.29 is 9.72 Å². The molecule has 2 aromatic heterocycles. The molecule has 1 atom stereocenters. The first-order valence-corrected chi connectivity index (χ1v) is 9.78. The van der Waals surface area contributed by atoms with Gasteiger partial charge < -0.3 is 5.32 Å². The summed E-state index contributed by atoms with van der Waals surface area (Å²) in [7, 11) is 0. The second-order valence-electron chi connectivity index (χ2n) is 7.06. The number of anilines is 1. The molecular formula is C19H18N4O4S. The van der Waals surface area contributed by atoms with Crippen LogP contribution in [0.4, 0.5) is 11.4 Å². The molecular weight excluding hydrogens is 380 g/mol. The van der Waals surface area contributed by atoms with Crippen LogP contribution >= 0.6 is 11.3 Å². The third kappa shape index (κ3) is 3.40. The fourth-order valence-electron chi connectivity index (χ4n) is 3.50. The molecule has 0 spiro atoms. The van der Waals surface area contributed by atoms with E-state index in [-0.39, 0.29) is 17.8 Å². The number of carbonyl (C=O) groups is 1. The topological polar surface area (TPSA) is 107 Å². The van der Waals surface area contributed by atoms with Gasteiger partial charge in [0.25, 0.3) is 11.2 Å². The largest absolute Gasteiger partial charge is 0.325 e. The average Bonchev–Trinajstić information content (AvgIpc) is 3.02. The van der Waals surface area contributed by atoms with Gasteiger partial charge in [0.15, 0.2) is 0 Å². The minimum atomic E-state index is -0.506. The highest BCUT2D eigenvalue weighted by molar-refractivity contribution is 7.18. The number of thiophene rings is 1. The Morgan fingerprint density at radius 3 is 2.86 bits per heavy atom. The van der Waals surface area contributed by atoms with Crippen LogP contribution in [0, 0.1) is 16.0 Å². The predicted octanol–water partition coefficient (Wildman–Crippen LogP) is 3.13. The van der Waals surface area contributed by atoms with Crippen molar-refractivity contribution in [3.63, 3.8) is 0 Å². The number of rotatable bonds is 4. The number of hydrogen-bond donors (Lipinski definition) is 1. The van der Waals surface area contributed by atoms with Gasteiger partial charge in [0.2, 0.25) is 5.91 Å². The summed E-state index contributed by atoms with van der Waals surface area (Å²) < 4.78 is 1.31. The van der Waals surface area contributed by atoms with Crippen LogP contribution in [0.1, 0.15) is 23.8 Å². The van der Waals surface area contributed by atoms with E-state index in [4.69, 9.17) is 0 Å². The third-order valence-electron chi connectivity index (χ3n) is 4.96. The molecule has 28 heavy (non-hydrogen) atoms. The number of hydrogen-bond acceptors (Lipinski definition) is 6. The van der Waals surface area contributed by atoms with Gasteiger partial charge in [0.1, 0.15) is 11.4 Å². The Bertz CT molecular complexity index is 1130. The predicted molar refractivity (Wildman–Crippen MR) is 107 cm³/mol. The van der Waals surface area contributed by atoms with Crippen molar-refractivity contribution in [3.05, 3.63) is 61.5 Å². The summed E-state index contributed by atoms with van der Waals surface area (Å²) in [5.74, 6) is 0.213. The molecule has 144 valence electrons. The van der Waals surface area contributed by atoms with Gasteiger partial charge in [-0.05, 0) is 42.9 Å². The Labute approximate surface area is 164 Å². The highest BCUT2D eigenvalue weighted by Crippen LogP contribution is 2.35. The first kappa shape index (κ1) is 18.3. The quantitative estimate of drug-likeness (QED) is 0.537. The lowest BCUT2D eigenvalue weighted by atomic mass is 9.89. The summed E-state index contributed by atoms with van der Waals surface area (Å²) in [4.78, 5) is 41.8. The first-order valence-electron chi connectivity index (χ1n) is 8.96. The minimum absolute atomic E-state index is 0.0552. The molecule has 2 heterocycles. The number of carbonyl (C=O) groups excluding carboxylic acids is 1. The summed E-state index contributed by atoms with van der Waals surface area (Å²) in [6.45, 7) is 2.04. The standard InChI is InChI=1S/C19H18N4O4S/c1-11-2-7-14-15(8-11)28-18-17(14)19(25)22(10-20-18)9-16(24)21-12-3-5-13(6-4-12)23(26)27/h3-6,10-11H,2,7-9H2,1H3,(H,21,24)/t11-/m0/s1. The van der Waals surface area contributed by atoms with Gasteiger partial charge in [-0.3, -0.25) is 24.3 Å². The second-order valence-corrected chi connectivity index (χ2v) is 8.15. The third-order valence-corrected chi connectivity index (χ3v) is 6.12. The highest BCUT2D eigenvalue weighted by atomic mass is 32.1. The van der Waals surface area contributed by atoms with Crippen molar-refractivity contribution in [1.82, 2.24) is 9.55 Å². The Kier molecular flexibility index (Phi) is 4.68. The Balaban J connectivity index is 1.56. The molecule has 0 radical (unpaired) electrons. The molecule has 0 fully saturated rings. The molecule has 8 nitrogen and oxygen atoms in total. The number of non-ortho nitro benzene ring substituents is 1. The van der Waals surface area contributed by atoms with E-state index >= 15 is 0 Å². The zero-order chi connectivity index (χ0) is 19.8. The van der Waals surface area contributed by atoms with Crippen LogP contribution in [-0.4, -0.2) is 20.4 Å². The molecule has 0 aliphatic heterocycles. The smallest absolute Gasteiger partial charge is 0.269 e. The van der Waals surface area contributed by atoms with E-state index in [2.05, 4.69) is 17.2 Å². The number of aromatic nitrogens is 2. The fourth-order valence-corrected chi connectivity index (χ4v) is 4.84. The van der Waals surface area contributed by atoms with Crippen LogP contribution in [0.15, 0.2) is 35.4 Å². The van der Waals surface area contributed by atoms with Crippen LogP contribution in [0.2, 0.25) is 0 Å². The summed E-state index contributed by atoms with van der Waals surface area (Å²) in [6, 6.07) is 5.54. The molecule has 1 aliphatic rings. The van der Waals surface area contributed by atoms with E-state index in [0.717, 1.165) is 29.7 Å². The van der Waals surface area contributed by atoms with Crippen molar-refractivity contribution in [1.29, 1.82) is 0 Å². The Morgan fingerprint density at radius 1 is 1.39 bits per heavy atom. The summed E-state index contributed by atoms with van der Waals surface area (Å²) in [5.41, 5.74) is 1.26. The van der Waals surface area contributed by atoms with Crippen LogP contribution < -0.4 is 10.9 Å². The van der Waals surface area contributed by atoms with E-state index in [1.165, 1.54) is 40.0 Å². The van der Waals surface area contributed by atoms with Crippen molar-refractivity contribution in [2.24, 2.45) is 5.92 Å². The van der Waals surface area contributed by atoms with Gasteiger partial charge >= 0.3 is 0 Å². The molecule has 1 aromatic carbocycles. The zero-order valence-corrected chi connectivity index (χ0v) is 16.0. The second kappa shape index (κ2) is 7.16. The first-order chi connectivity index (χ1) is 13.4. The van der Waals surface area contributed by atoms with Crippen molar-refractivity contribution >= 4 is 38.8 Å². The number of nitrogens with one attached hydrogen (secondary N) is 1. The molecule has 0 bridgehead atoms. The molecule has 1 N–H and O–H groups in total. The SMILES string of the molecule is C[C@H]1CCc2c(sc3ncn(CC(=O)Nc4ccc([N+](=O)[O-])cc4)c(=O)c23)C1. The van der Waals surface area contributed by atoms with Gasteiger partial charge in [0, 0.05) is 22.7 Å². The summed E-state index contributed by atoms with van der Waals surface area (Å²) in [6.07, 6.45) is 4.29. The van der Waals surface area contributed by atoms with Crippen molar-refractivity contribution in [3.8, 4) is 0 Å². The maximum atomic E-state index is 12.9. The number of fused-ring (bicyclic) bond motifs is 3. The van der Waals surface area contributed by atoms with Gasteiger partial charge in [-0.2, -0.15) is 0 Å². The Morgan fingerprint density at radius 2 is 2.14 bits per heavy atom. The van der Waals surface area contributed by atoms with Crippen molar-refractivity contribution in [2.45, 2.75) is 32.7 Å². The number of amides is 1. The average molecular weight is 398 g/mol. The van der Waals surface area contributed by atoms with E-state index in [1.807, 2.05) is 0 Å². The maximum absolute atomic E-state index is 12.9. The van der Waals surface area contributed by atoms with Crippen molar-refractivity contribution in [2.75, 3.05) is 5.32 Å². The molecule has 4 rings (SSSR count). The van der Waals surface area contributed by atoms with Gasteiger partial charge in [0.05, 0.1) is 16.6 Å². The Hall–Kier alpha value is -3.07. The monoisotopic (exact) mass is 398 g/mol. The molecule has 1 amide bonds. The molecule has 0 saturated carbocycles. The number of nitrogens with zero attached hydrogens (tertiary/aromatic N) is 3. The maximum Gasteiger partial charge on any atom is 0.269 e. The minimum Gasteiger partial charge on any atom is -0.325 e. The molecule has 0 unspecified atom stereocenters. The van der Waals surface area contributed by atoms with Gasteiger partial charge in [-0.15, -0.1) is 11.3 Å².